The number of ether oxygens (including phenoxy) is 1. The lowest BCUT2D eigenvalue weighted by Gasteiger charge is -2.15. The molecule has 2 aromatic rings. The average molecular weight is 349 g/mol. The smallest absolute Gasteiger partial charge is 0.251 e. The summed E-state index contributed by atoms with van der Waals surface area (Å²) in [4.78, 5) is 12.2. The van der Waals surface area contributed by atoms with Gasteiger partial charge in [0.05, 0.1) is 7.11 Å². The Hall–Kier alpha value is -2.04. The topological polar surface area (TPSA) is 64.3 Å². The fourth-order valence-corrected chi connectivity index (χ4v) is 2.31. The molecule has 0 aliphatic carbocycles. The van der Waals surface area contributed by atoms with Crippen molar-refractivity contribution in [3.05, 3.63) is 65.2 Å². The molecule has 24 heavy (non-hydrogen) atoms. The van der Waals surface area contributed by atoms with Crippen molar-refractivity contribution in [1.82, 2.24) is 5.32 Å². The summed E-state index contributed by atoms with van der Waals surface area (Å²) in [5.41, 5.74) is 9.02. The van der Waals surface area contributed by atoms with E-state index in [2.05, 4.69) is 31.3 Å². The molecule has 5 heteroatoms. The lowest BCUT2D eigenvalue weighted by molar-refractivity contribution is 0.0951. The fraction of sp³-hybridized carbons (Fsp3) is 0.316. The summed E-state index contributed by atoms with van der Waals surface area (Å²) in [6.45, 7) is 4.70. The zero-order valence-corrected chi connectivity index (χ0v) is 15.1. The van der Waals surface area contributed by atoms with Gasteiger partial charge in [-0.2, -0.15) is 0 Å². The van der Waals surface area contributed by atoms with E-state index in [-0.39, 0.29) is 24.4 Å². The van der Waals surface area contributed by atoms with Crippen LogP contribution in [0.25, 0.3) is 0 Å². The summed E-state index contributed by atoms with van der Waals surface area (Å²) < 4.78 is 5.13. The van der Waals surface area contributed by atoms with E-state index >= 15 is 0 Å². The van der Waals surface area contributed by atoms with Gasteiger partial charge in [0, 0.05) is 18.2 Å². The molecule has 0 aliphatic rings. The van der Waals surface area contributed by atoms with E-state index < -0.39 is 0 Å². The SMILES string of the molecule is COc1cccc(C(=O)NCC(N)c2ccc(C(C)C)cc2)c1.Cl. The number of amides is 1. The van der Waals surface area contributed by atoms with Crippen molar-refractivity contribution in [3.8, 4) is 5.75 Å². The molecule has 4 nitrogen and oxygen atoms in total. The van der Waals surface area contributed by atoms with Crippen LogP contribution in [-0.4, -0.2) is 19.6 Å². The highest BCUT2D eigenvalue weighted by atomic mass is 35.5. The van der Waals surface area contributed by atoms with Gasteiger partial charge in [0.1, 0.15) is 5.75 Å². The summed E-state index contributed by atoms with van der Waals surface area (Å²) in [6.07, 6.45) is 0. The van der Waals surface area contributed by atoms with Gasteiger partial charge in [0.2, 0.25) is 0 Å². The van der Waals surface area contributed by atoms with Crippen molar-refractivity contribution in [1.29, 1.82) is 0 Å². The number of carbonyl (C=O) groups excluding carboxylic acids is 1. The molecule has 1 unspecified atom stereocenters. The second kappa shape index (κ2) is 9.30. The van der Waals surface area contributed by atoms with Crippen LogP contribution in [0.15, 0.2) is 48.5 Å². The Kier molecular flexibility index (Phi) is 7.75. The summed E-state index contributed by atoms with van der Waals surface area (Å²) in [6, 6.07) is 15.0. The molecule has 0 aromatic heterocycles. The van der Waals surface area contributed by atoms with Crippen LogP contribution in [0, 0.1) is 0 Å². The maximum absolute atomic E-state index is 12.2. The molecule has 0 spiro atoms. The van der Waals surface area contributed by atoms with Gasteiger partial charge in [0.25, 0.3) is 5.91 Å². The van der Waals surface area contributed by atoms with Gasteiger partial charge in [0.15, 0.2) is 0 Å². The standard InChI is InChI=1S/C19H24N2O2.ClH/c1-13(2)14-7-9-15(10-8-14)18(20)12-21-19(22)16-5-4-6-17(11-16)23-3;/h4-11,13,18H,12,20H2,1-3H3,(H,21,22);1H. The number of rotatable bonds is 6. The van der Waals surface area contributed by atoms with Crippen LogP contribution in [0.4, 0.5) is 0 Å². The zero-order chi connectivity index (χ0) is 16.8. The molecule has 2 rings (SSSR count). The van der Waals surface area contributed by atoms with Gasteiger partial charge in [-0.25, -0.2) is 0 Å². The Labute approximate surface area is 149 Å². The van der Waals surface area contributed by atoms with Crippen molar-refractivity contribution >= 4 is 18.3 Å². The van der Waals surface area contributed by atoms with Crippen LogP contribution in [0.1, 0.15) is 47.3 Å². The first kappa shape index (κ1) is 20.0. The van der Waals surface area contributed by atoms with Crippen LogP contribution < -0.4 is 15.8 Å². The molecule has 1 amide bonds. The van der Waals surface area contributed by atoms with Crippen molar-refractivity contribution in [2.24, 2.45) is 5.73 Å². The first-order chi connectivity index (χ1) is 11.0. The molecule has 2 aromatic carbocycles. The summed E-state index contributed by atoms with van der Waals surface area (Å²) in [5, 5.41) is 2.87. The highest BCUT2D eigenvalue weighted by Crippen LogP contribution is 2.17. The third-order valence-electron chi connectivity index (χ3n) is 3.85. The van der Waals surface area contributed by atoms with Crippen molar-refractivity contribution in [3.63, 3.8) is 0 Å². The van der Waals surface area contributed by atoms with Crippen LogP contribution in [0.3, 0.4) is 0 Å². The minimum Gasteiger partial charge on any atom is -0.497 e. The third-order valence-corrected chi connectivity index (χ3v) is 3.85. The van der Waals surface area contributed by atoms with Gasteiger partial charge in [-0.05, 0) is 35.2 Å². The molecule has 0 saturated carbocycles. The normalized spacial score (nSPS) is 11.5. The molecule has 0 fully saturated rings. The summed E-state index contributed by atoms with van der Waals surface area (Å²) in [7, 11) is 1.58. The molecular formula is C19H25ClN2O2. The number of hydrogen-bond acceptors (Lipinski definition) is 3. The third kappa shape index (κ3) is 5.25. The van der Waals surface area contributed by atoms with Crippen molar-refractivity contribution in [2.45, 2.75) is 25.8 Å². The Morgan fingerprint density at radius 1 is 1.12 bits per heavy atom. The Morgan fingerprint density at radius 3 is 2.33 bits per heavy atom. The first-order valence-electron chi connectivity index (χ1n) is 7.79. The second-order valence-electron chi connectivity index (χ2n) is 5.87. The van der Waals surface area contributed by atoms with E-state index in [9.17, 15) is 4.79 Å². The van der Waals surface area contributed by atoms with Crippen molar-refractivity contribution < 1.29 is 9.53 Å². The predicted octanol–water partition coefficient (Wildman–Crippen LogP) is 3.67. The number of nitrogens with one attached hydrogen (secondary N) is 1. The molecule has 3 N–H and O–H groups in total. The maximum atomic E-state index is 12.2. The molecule has 0 bridgehead atoms. The van der Waals surface area contributed by atoms with E-state index in [1.54, 1.807) is 31.4 Å². The monoisotopic (exact) mass is 348 g/mol. The number of methoxy groups -OCH3 is 1. The number of hydrogen-bond donors (Lipinski definition) is 2. The van der Waals surface area contributed by atoms with Crippen LogP contribution in [0.2, 0.25) is 0 Å². The minimum atomic E-state index is -0.231. The van der Waals surface area contributed by atoms with Gasteiger partial charge in [-0.1, -0.05) is 44.2 Å². The Balaban J connectivity index is 0.00000288. The number of benzene rings is 2. The van der Waals surface area contributed by atoms with E-state index in [1.807, 2.05) is 12.1 Å². The minimum absolute atomic E-state index is 0. The Bertz CT molecular complexity index is 657. The highest BCUT2D eigenvalue weighted by Gasteiger charge is 2.11. The maximum Gasteiger partial charge on any atom is 0.251 e. The van der Waals surface area contributed by atoms with Gasteiger partial charge in [-0.3, -0.25) is 4.79 Å². The quantitative estimate of drug-likeness (QED) is 0.837. The average Bonchev–Trinajstić information content (AvgIpc) is 2.59. The van der Waals surface area contributed by atoms with Gasteiger partial charge >= 0.3 is 0 Å². The van der Waals surface area contributed by atoms with E-state index in [0.29, 0.717) is 23.8 Å². The fourth-order valence-electron chi connectivity index (χ4n) is 2.31. The lowest BCUT2D eigenvalue weighted by Crippen LogP contribution is -2.31. The van der Waals surface area contributed by atoms with Crippen LogP contribution in [-0.2, 0) is 0 Å². The summed E-state index contributed by atoms with van der Waals surface area (Å²) in [5.74, 6) is 0.998. The molecule has 0 radical (unpaired) electrons. The van der Waals surface area contributed by atoms with E-state index in [4.69, 9.17) is 10.5 Å². The molecular weight excluding hydrogens is 324 g/mol. The molecule has 0 heterocycles. The summed E-state index contributed by atoms with van der Waals surface area (Å²) >= 11 is 0. The van der Waals surface area contributed by atoms with Gasteiger partial charge in [-0.15, -0.1) is 12.4 Å². The number of nitrogens with two attached hydrogens (primary N) is 1. The highest BCUT2D eigenvalue weighted by molar-refractivity contribution is 5.94. The first-order valence-corrected chi connectivity index (χ1v) is 7.79. The number of carbonyl (C=O) groups is 1. The van der Waals surface area contributed by atoms with E-state index in [1.165, 1.54) is 5.56 Å². The van der Waals surface area contributed by atoms with Crippen molar-refractivity contribution in [2.75, 3.05) is 13.7 Å². The van der Waals surface area contributed by atoms with Crippen LogP contribution in [0.5, 0.6) is 5.75 Å². The second-order valence-corrected chi connectivity index (χ2v) is 5.87. The predicted molar refractivity (Wildman–Crippen MR) is 100 cm³/mol. The van der Waals surface area contributed by atoms with Gasteiger partial charge < -0.3 is 15.8 Å². The van der Waals surface area contributed by atoms with E-state index in [0.717, 1.165) is 5.56 Å². The lowest BCUT2D eigenvalue weighted by atomic mass is 9.99. The number of halogens is 1. The molecule has 0 saturated heterocycles. The van der Waals surface area contributed by atoms with Crippen LogP contribution >= 0.6 is 12.4 Å². The molecule has 1 atom stereocenters. The molecule has 0 aliphatic heterocycles. The largest absolute Gasteiger partial charge is 0.497 e. The molecule has 130 valence electrons. The zero-order valence-electron chi connectivity index (χ0n) is 14.3. The Morgan fingerprint density at radius 2 is 1.75 bits per heavy atom.